The zero-order valence-corrected chi connectivity index (χ0v) is 13.1. The number of rotatable bonds is 7. The molecule has 0 spiro atoms. The standard InChI is InChI=1S/C15H19NO4S/c1-9(10(2)17)15(21)14(19)11-6-4-5-7-12(11)16-8-13(18)20-3/h4-7,9,15-16,21H,8H2,1-3H3. The number of benzene rings is 1. The lowest BCUT2D eigenvalue weighted by atomic mass is 9.95. The first-order valence-corrected chi connectivity index (χ1v) is 7.02. The normalized spacial score (nSPS) is 13.1. The molecule has 0 heterocycles. The van der Waals surface area contributed by atoms with Crippen molar-refractivity contribution in [1.29, 1.82) is 0 Å². The minimum absolute atomic E-state index is 0.0414. The molecule has 0 amide bonds. The van der Waals surface area contributed by atoms with E-state index >= 15 is 0 Å². The number of Topliss-reactive ketones (excluding diaryl/α,β-unsaturated/α-hetero) is 2. The van der Waals surface area contributed by atoms with E-state index in [-0.39, 0.29) is 18.1 Å². The Balaban J connectivity index is 2.94. The van der Waals surface area contributed by atoms with Gasteiger partial charge in [0.1, 0.15) is 12.3 Å². The van der Waals surface area contributed by atoms with Gasteiger partial charge in [-0.1, -0.05) is 19.1 Å². The van der Waals surface area contributed by atoms with Gasteiger partial charge >= 0.3 is 5.97 Å². The number of ketones is 2. The van der Waals surface area contributed by atoms with E-state index in [4.69, 9.17) is 0 Å². The summed E-state index contributed by atoms with van der Waals surface area (Å²) >= 11 is 4.26. The van der Waals surface area contributed by atoms with Gasteiger partial charge in [-0.15, -0.1) is 0 Å². The molecule has 1 aromatic rings. The maximum absolute atomic E-state index is 12.4. The average Bonchev–Trinajstić information content (AvgIpc) is 2.50. The predicted molar refractivity (Wildman–Crippen MR) is 83.9 cm³/mol. The van der Waals surface area contributed by atoms with Crippen LogP contribution in [0.2, 0.25) is 0 Å². The van der Waals surface area contributed by atoms with Gasteiger partial charge in [-0.05, 0) is 19.1 Å². The summed E-state index contributed by atoms with van der Waals surface area (Å²) in [6.45, 7) is 3.06. The van der Waals surface area contributed by atoms with Gasteiger partial charge in [0.25, 0.3) is 0 Å². The molecule has 114 valence electrons. The Morgan fingerprint density at radius 3 is 2.48 bits per heavy atom. The number of hydrogen-bond donors (Lipinski definition) is 2. The summed E-state index contributed by atoms with van der Waals surface area (Å²) < 4.78 is 4.54. The van der Waals surface area contributed by atoms with Crippen LogP contribution in [0.4, 0.5) is 5.69 Å². The van der Waals surface area contributed by atoms with E-state index in [1.54, 1.807) is 31.2 Å². The first-order chi connectivity index (χ1) is 9.88. The minimum Gasteiger partial charge on any atom is -0.468 e. The van der Waals surface area contributed by atoms with Crippen molar-refractivity contribution in [2.24, 2.45) is 5.92 Å². The SMILES string of the molecule is COC(=O)CNc1ccccc1C(=O)C(S)C(C)C(C)=O. The van der Waals surface area contributed by atoms with E-state index in [0.717, 1.165) is 0 Å². The quantitative estimate of drug-likeness (QED) is 0.458. The second-order valence-electron chi connectivity index (χ2n) is 4.68. The monoisotopic (exact) mass is 309 g/mol. The maximum Gasteiger partial charge on any atom is 0.325 e. The van der Waals surface area contributed by atoms with Crippen molar-refractivity contribution in [3.05, 3.63) is 29.8 Å². The fraction of sp³-hybridized carbons (Fsp3) is 0.400. The molecule has 21 heavy (non-hydrogen) atoms. The van der Waals surface area contributed by atoms with Gasteiger partial charge in [0, 0.05) is 17.2 Å². The summed E-state index contributed by atoms with van der Waals surface area (Å²) in [6, 6.07) is 6.79. The Morgan fingerprint density at radius 1 is 1.29 bits per heavy atom. The highest BCUT2D eigenvalue weighted by atomic mass is 32.1. The molecule has 0 radical (unpaired) electrons. The molecule has 0 bridgehead atoms. The van der Waals surface area contributed by atoms with Crippen LogP contribution in [0.3, 0.4) is 0 Å². The molecule has 1 N–H and O–H groups in total. The van der Waals surface area contributed by atoms with Crippen LogP contribution < -0.4 is 5.32 Å². The summed E-state index contributed by atoms with van der Waals surface area (Å²) in [6.07, 6.45) is 0. The fourth-order valence-corrected chi connectivity index (χ4v) is 2.05. The Bertz CT molecular complexity index is 544. The molecule has 0 aliphatic carbocycles. The lowest BCUT2D eigenvalue weighted by Gasteiger charge is -2.17. The van der Waals surface area contributed by atoms with Gasteiger partial charge in [-0.2, -0.15) is 12.6 Å². The van der Waals surface area contributed by atoms with Crippen LogP contribution in [0.15, 0.2) is 24.3 Å². The van der Waals surface area contributed by atoms with Gasteiger partial charge in [0.2, 0.25) is 0 Å². The second-order valence-corrected chi connectivity index (χ2v) is 5.24. The molecule has 0 saturated carbocycles. The molecule has 5 nitrogen and oxygen atoms in total. The summed E-state index contributed by atoms with van der Waals surface area (Å²) in [7, 11) is 1.29. The Morgan fingerprint density at radius 2 is 1.90 bits per heavy atom. The lowest BCUT2D eigenvalue weighted by Crippen LogP contribution is -2.28. The molecule has 0 fully saturated rings. The summed E-state index contributed by atoms with van der Waals surface area (Å²) in [5, 5.41) is 2.13. The molecule has 2 atom stereocenters. The number of ether oxygens (including phenoxy) is 1. The van der Waals surface area contributed by atoms with Gasteiger partial charge in [0.05, 0.1) is 12.4 Å². The predicted octanol–water partition coefficient (Wildman–Crippen LogP) is 1.98. The third-order valence-corrected chi connectivity index (χ3v) is 3.91. The lowest BCUT2D eigenvalue weighted by molar-refractivity contribution is -0.138. The van der Waals surface area contributed by atoms with Crippen LogP contribution >= 0.6 is 12.6 Å². The van der Waals surface area contributed by atoms with Crippen molar-refractivity contribution >= 4 is 35.9 Å². The highest BCUT2D eigenvalue weighted by molar-refractivity contribution is 7.82. The van der Waals surface area contributed by atoms with Crippen LogP contribution in [0.5, 0.6) is 0 Å². The van der Waals surface area contributed by atoms with Gasteiger partial charge in [-0.3, -0.25) is 14.4 Å². The number of carbonyl (C=O) groups excluding carboxylic acids is 3. The van der Waals surface area contributed by atoms with Crippen LogP contribution in [-0.2, 0) is 14.3 Å². The summed E-state index contributed by atoms with van der Waals surface area (Å²) in [5.74, 6) is -1.26. The first-order valence-electron chi connectivity index (χ1n) is 6.51. The van der Waals surface area contributed by atoms with E-state index < -0.39 is 17.1 Å². The average molecular weight is 309 g/mol. The molecule has 0 saturated heterocycles. The first kappa shape index (κ1) is 17.2. The Hall–Kier alpha value is -1.82. The van der Waals surface area contributed by atoms with Crippen molar-refractivity contribution in [1.82, 2.24) is 0 Å². The van der Waals surface area contributed by atoms with Gasteiger partial charge < -0.3 is 10.1 Å². The summed E-state index contributed by atoms with van der Waals surface area (Å²) in [4.78, 5) is 35.0. The Labute approximate surface area is 129 Å². The van der Waals surface area contributed by atoms with Crippen molar-refractivity contribution < 1.29 is 19.1 Å². The van der Waals surface area contributed by atoms with E-state index in [1.165, 1.54) is 14.0 Å². The maximum atomic E-state index is 12.4. The number of methoxy groups -OCH3 is 1. The number of hydrogen-bond acceptors (Lipinski definition) is 6. The molecule has 1 rings (SSSR count). The number of anilines is 1. The van der Waals surface area contributed by atoms with Crippen molar-refractivity contribution in [3.8, 4) is 0 Å². The number of thiol groups is 1. The topological polar surface area (TPSA) is 72.5 Å². The zero-order valence-electron chi connectivity index (χ0n) is 12.3. The highest BCUT2D eigenvalue weighted by Crippen LogP contribution is 2.22. The zero-order chi connectivity index (χ0) is 16.0. The van der Waals surface area contributed by atoms with Crippen molar-refractivity contribution in [2.75, 3.05) is 19.0 Å². The molecular weight excluding hydrogens is 290 g/mol. The van der Waals surface area contributed by atoms with Crippen LogP contribution in [0.1, 0.15) is 24.2 Å². The molecule has 6 heteroatoms. The molecule has 0 aromatic heterocycles. The molecule has 2 unspecified atom stereocenters. The van der Waals surface area contributed by atoms with E-state index in [1.807, 2.05) is 0 Å². The van der Waals surface area contributed by atoms with E-state index in [2.05, 4.69) is 22.7 Å². The van der Waals surface area contributed by atoms with Gasteiger partial charge in [-0.25, -0.2) is 0 Å². The summed E-state index contributed by atoms with van der Waals surface area (Å²) in [5.41, 5.74) is 0.914. The van der Waals surface area contributed by atoms with Crippen molar-refractivity contribution in [2.45, 2.75) is 19.1 Å². The molecule has 1 aromatic carbocycles. The van der Waals surface area contributed by atoms with Crippen LogP contribution in [-0.4, -0.2) is 36.4 Å². The van der Waals surface area contributed by atoms with Crippen LogP contribution in [0.25, 0.3) is 0 Å². The second kappa shape index (κ2) is 7.83. The largest absolute Gasteiger partial charge is 0.468 e. The van der Waals surface area contributed by atoms with E-state index in [0.29, 0.717) is 11.3 Å². The van der Waals surface area contributed by atoms with E-state index in [9.17, 15) is 14.4 Å². The molecule has 0 aliphatic heterocycles. The third-order valence-electron chi connectivity index (χ3n) is 3.23. The highest BCUT2D eigenvalue weighted by Gasteiger charge is 2.27. The molecular formula is C15H19NO4S. The smallest absolute Gasteiger partial charge is 0.325 e. The third kappa shape index (κ3) is 4.60. The molecule has 0 aliphatic rings. The number of nitrogens with one attached hydrogen (secondary N) is 1. The fourth-order valence-electron chi connectivity index (χ4n) is 1.70. The van der Waals surface area contributed by atoms with Crippen molar-refractivity contribution in [3.63, 3.8) is 0 Å². The number of para-hydroxylation sites is 1. The van der Waals surface area contributed by atoms with Crippen LogP contribution in [0, 0.1) is 5.92 Å². The number of esters is 1. The number of carbonyl (C=O) groups is 3. The minimum atomic E-state index is -0.719. The van der Waals surface area contributed by atoms with Gasteiger partial charge in [0.15, 0.2) is 5.78 Å². The Kier molecular flexibility index (Phi) is 6.42.